The SMILES string of the molecule is NNc1ccccc1S(=O)(=O)Nc1cc(F)cc(Cl)c1. The molecule has 106 valence electrons. The Morgan fingerprint density at radius 2 is 1.85 bits per heavy atom. The highest BCUT2D eigenvalue weighted by atomic mass is 35.5. The summed E-state index contributed by atoms with van der Waals surface area (Å²) in [5.74, 6) is 4.63. The summed E-state index contributed by atoms with van der Waals surface area (Å²) in [6.45, 7) is 0. The summed E-state index contributed by atoms with van der Waals surface area (Å²) in [4.78, 5) is -0.0529. The van der Waals surface area contributed by atoms with Crippen molar-refractivity contribution in [3.05, 3.63) is 53.3 Å². The molecule has 0 saturated carbocycles. The molecule has 8 heteroatoms. The lowest BCUT2D eigenvalue weighted by Crippen LogP contribution is -2.17. The lowest BCUT2D eigenvalue weighted by molar-refractivity contribution is 0.601. The molecule has 0 aliphatic rings. The van der Waals surface area contributed by atoms with E-state index in [1.54, 1.807) is 12.1 Å². The van der Waals surface area contributed by atoms with Gasteiger partial charge in [-0.25, -0.2) is 12.8 Å². The maximum absolute atomic E-state index is 13.2. The molecule has 2 aromatic carbocycles. The van der Waals surface area contributed by atoms with Crippen molar-refractivity contribution in [2.75, 3.05) is 10.1 Å². The first kappa shape index (κ1) is 14.6. The van der Waals surface area contributed by atoms with Gasteiger partial charge in [-0.1, -0.05) is 23.7 Å². The minimum atomic E-state index is -3.91. The number of benzene rings is 2. The highest BCUT2D eigenvalue weighted by molar-refractivity contribution is 7.92. The van der Waals surface area contributed by atoms with Crippen LogP contribution >= 0.6 is 11.6 Å². The molecule has 20 heavy (non-hydrogen) atoms. The van der Waals surface area contributed by atoms with Crippen molar-refractivity contribution in [3.8, 4) is 0 Å². The van der Waals surface area contributed by atoms with Crippen molar-refractivity contribution >= 4 is 33.0 Å². The Bertz CT molecular complexity index is 717. The van der Waals surface area contributed by atoms with Crippen LogP contribution in [0.3, 0.4) is 0 Å². The molecule has 5 nitrogen and oxygen atoms in total. The topological polar surface area (TPSA) is 84.2 Å². The summed E-state index contributed by atoms with van der Waals surface area (Å²) in [6, 6.07) is 9.48. The van der Waals surface area contributed by atoms with E-state index in [2.05, 4.69) is 10.1 Å². The fourth-order valence-corrected chi connectivity index (χ4v) is 3.08. The molecule has 0 fully saturated rings. The molecule has 0 heterocycles. The Labute approximate surface area is 120 Å². The van der Waals surface area contributed by atoms with Gasteiger partial charge in [-0.15, -0.1) is 0 Å². The van der Waals surface area contributed by atoms with E-state index in [-0.39, 0.29) is 21.3 Å². The molecular weight excluding hydrogens is 305 g/mol. The number of nitrogens with two attached hydrogens (primary N) is 1. The molecule has 0 unspecified atom stereocenters. The maximum Gasteiger partial charge on any atom is 0.264 e. The van der Waals surface area contributed by atoms with E-state index in [0.29, 0.717) is 0 Å². The highest BCUT2D eigenvalue weighted by Gasteiger charge is 2.18. The summed E-state index contributed by atoms with van der Waals surface area (Å²) in [7, 11) is -3.91. The van der Waals surface area contributed by atoms with Gasteiger partial charge in [0, 0.05) is 5.02 Å². The van der Waals surface area contributed by atoms with E-state index >= 15 is 0 Å². The van der Waals surface area contributed by atoms with Crippen LogP contribution in [0.5, 0.6) is 0 Å². The number of nitrogen functional groups attached to an aromatic ring is 1. The molecule has 2 aromatic rings. The number of hydrogen-bond acceptors (Lipinski definition) is 4. The molecule has 2 rings (SSSR count). The van der Waals surface area contributed by atoms with E-state index < -0.39 is 15.8 Å². The third-order valence-electron chi connectivity index (χ3n) is 2.45. The lowest BCUT2D eigenvalue weighted by atomic mass is 10.3. The van der Waals surface area contributed by atoms with Crippen LogP contribution in [0.15, 0.2) is 47.4 Å². The molecule has 0 aliphatic carbocycles. The van der Waals surface area contributed by atoms with Crippen LogP contribution in [0.25, 0.3) is 0 Å². The van der Waals surface area contributed by atoms with Crippen molar-refractivity contribution in [3.63, 3.8) is 0 Å². The zero-order valence-corrected chi connectivity index (χ0v) is 11.7. The van der Waals surface area contributed by atoms with Gasteiger partial charge in [-0.2, -0.15) is 0 Å². The predicted octanol–water partition coefficient (Wildman–Crippen LogP) is 2.57. The number of anilines is 2. The Hall–Kier alpha value is -1.83. The van der Waals surface area contributed by atoms with Crippen molar-refractivity contribution < 1.29 is 12.8 Å². The van der Waals surface area contributed by atoms with Crippen LogP contribution in [0.1, 0.15) is 0 Å². The number of halogens is 2. The first-order chi connectivity index (χ1) is 9.42. The second-order valence-electron chi connectivity index (χ2n) is 3.90. The zero-order chi connectivity index (χ0) is 14.8. The minimum Gasteiger partial charge on any atom is -0.323 e. The van der Waals surface area contributed by atoms with Crippen LogP contribution in [-0.2, 0) is 10.0 Å². The second-order valence-corrected chi connectivity index (χ2v) is 5.99. The first-order valence-corrected chi connectivity index (χ1v) is 7.33. The predicted molar refractivity (Wildman–Crippen MR) is 76.5 cm³/mol. The minimum absolute atomic E-state index is 0.0295. The Balaban J connectivity index is 2.41. The fraction of sp³-hybridized carbons (Fsp3) is 0. The summed E-state index contributed by atoms with van der Waals surface area (Å²) in [6.07, 6.45) is 0. The van der Waals surface area contributed by atoms with Crippen molar-refractivity contribution in [2.24, 2.45) is 5.84 Å². The van der Waals surface area contributed by atoms with Gasteiger partial charge in [-0.3, -0.25) is 10.6 Å². The van der Waals surface area contributed by atoms with Crippen LogP contribution in [0.2, 0.25) is 5.02 Å². The Morgan fingerprint density at radius 3 is 2.50 bits per heavy atom. The molecule has 0 aromatic heterocycles. The van der Waals surface area contributed by atoms with Gasteiger partial charge in [0.05, 0.1) is 11.4 Å². The maximum atomic E-state index is 13.2. The summed E-state index contributed by atoms with van der Waals surface area (Å²) < 4.78 is 39.9. The largest absolute Gasteiger partial charge is 0.323 e. The lowest BCUT2D eigenvalue weighted by Gasteiger charge is -2.12. The first-order valence-electron chi connectivity index (χ1n) is 5.47. The second kappa shape index (κ2) is 5.66. The fourth-order valence-electron chi connectivity index (χ4n) is 1.64. The molecule has 0 aliphatic heterocycles. The van der Waals surface area contributed by atoms with E-state index in [1.807, 2.05) is 0 Å². The Kier molecular flexibility index (Phi) is 4.12. The van der Waals surface area contributed by atoms with Crippen LogP contribution in [0, 0.1) is 5.82 Å². The molecule has 0 saturated heterocycles. The number of rotatable bonds is 4. The average Bonchev–Trinajstić information content (AvgIpc) is 2.36. The summed E-state index contributed by atoms with van der Waals surface area (Å²) in [5, 5.41) is 0.0907. The number of hydrazine groups is 1. The summed E-state index contributed by atoms with van der Waals surface area (Å²) in [5.41, 5.74) is 2.54. The van der Waals surface area contributed by atoms with Gasteiger partial charge in [0.2, 0.25) is 0 Å². The molecule has 0 atom stereocenters. The van der Waals surface area contributed by atoms with E-state index in [0.717, 1.165) is 12.1 Å². The van der Waals surface area contributed by atoms with Gasteiger partial charge >= 0.3 is 0 Å². The number of hydrogen-bond donors (Lipinski definition) is 3. The van der Waals surface area contributed by atoms with Gasteiger partial charge in [0.15, 0.2) is 0 Å². The van der Waals surface area contributed by atoms with Gasteiger partial charge < -0.3 is 5.43 Å². The quantitative estimate of drug-likeness (QED) is 0.598. The average molecular weight is 316 g/mol. The van der Waals surface area contributed by atoms with Crippen LogP contribution < -0.4 is 16.0 Å². The third-order valence-corrected chi connectivity index (χ3v) is 4.10. The number of sulfonamides is 1. The molecule has 0 radical (unpaired) electrons. The van der Waals surface area contributed by atoms with Crippen LogP contribution in [-0.4, -0.2) is 8.42 Å². The third kappa shape index (κ3) is 3.19. The standard InChI is InChI=1S/C12H11ClFN3O2S/c13-8-5-9(14)7-10(6-8)17-20(18,19)12-4-2-1-3-11(12)16-15/h1-7,16-17H,15H2. The normalized spacial score (nSPS) is 11.2. The van der Waals surface area contributed by atoms with E-state index in [4.69, 9.17) is 17.4 Å². The van der Waals surface area contributed by atoms with Gasteiger partial charge in [0.1, 0.15) is 10.7 Å². The molecule has 0 amide bonds. The molecule has 0 spiro atoms. The molecule has 4 N–H and O–H groups in total. The van der Waals surface area contributed by atoms with Gasteiger partial charge in [-0.05, 0) is 30.3 Å². The van der Waals surface area contributed by atoms with Crippen molar-refractivity contribution in [2.45, 2.75) is 4.90 Å². The molecule has 0 bridgehead atoms. The zero-order valence-electron chi connectivity index (χ0n) is 10.1. The highest BCUT2D eigenvalue weighted by Crippen LogP contribution is 2.24. The van der Waals surface area contributed by atoms with Gasteiger partial charge in [0.25, 0.3) is 10.0 Å². The monoisotopic (exact) mass is 315 g/mol. The van der Waals surface area contributed by atoms with E-state index in [1.165, 1.54) is 18.2 Å². The Morgan fingerprint density at radius 1 is 1.15 bits per heavy atom. The number of para-hydroxylation sites is 1. The van der Waals surface area contributed by atoms with E-state index in [9.17, 15) is 12.8 Å². The number of nitrogens with one attached hydrogen (secondary N) is 2. The molecular formula is C12H11ClFN3O2S. The van der Waals surface area contributed by atoms with Crippen molar-refractivity contribution in [1.82, 2.24) is 0 Å². The smallest absolute Gasteiger partial charge is 0.264 e. The van der Waals surface area contributed by atoms with Crippen LogP contribution in [0.4, 0.5) is 15.8 Å². The van der Waals surface area contributed by atoms with Crippen molar-refractivity contribution in [1.29, 1.82) is 0 Å². The summed E-state index contributed by atoms with van der Waals surface area (Å²) >= 11 is 5.68.